The average molecular weight is 258 g/mol. The Morgan fingerprint density at radius 2 is 2.05 bits per heavy atom. The van der Waals surface area contributed by atoms with Crippen molar-refractivity contribution in [1.82, 2.24) is 10.2 Å². The Kier molecular flexibility index (Phi) is 3.90. The van der Waals surface area contributed by atoms with Crippen LogP contribution in [0, 0.1) is 11.8 Å². The smallest absolute Gasteiger partial charge is 0.0363 e. The Morgan fingerprint density at radius 1 is 1.21 bits per heavy atom. The molecule has 1 N–H and O–H groups in total. The van der Waals surface area contributed by atoms with Crippen LogP contribution >= 0.6 is 0 Å². The van der Waals surface area contributed by atoms with Crippen molar-refractivity contribution in [1.29, 1.82) is 0 Å². The van der Waals surface area contributed by atoms with Gasteiger partial charge in [-0.1, -0.05) is 38.1 Å². The molecule has 2 atom stereocenters. The van der Waals surface area contributed by atoms with Gasteiger partial charge < -0.3 is 5.32 Å². The molecular formula is C17H26N2. The van der Waals surface area contributed by atoms with E-state index in [1.165, 1.54) is 31.5 Å². The second-order valence-corrected chi connectivity index (χ2v) is 6.47. The number of benzene rings is 1. The molecule has 0 saturated carbocycles. The fourth-order valence-corrected chi connectivity index (χ4v) is 3.66. The highest BCUT2D eigenvalue weighted by atomic mass is 15.2. The first-order valence-corrected chi connectivity index (χ1v) is 7.78. The van der Waals surface area contributed by atoms with Crippen molar-refractivity contribution in [2.45, 2.75) is 39.3 Å². The monoisotopic (exact) mass is 258 g/mol. The molecule has 2 aliphatic rings. The van der Waals surface area contributed by atoms with E-state index in [1.807, 2.05) is 0 Å². The molecule has 1 aromatic carbocycles. The lowest BCUT2D eigenvalue weighted by Crippen LogP contribution is -2.28. The first-order chi connectivity index (χ1) is 9.25. The molecule has 104 valence electrons. The number of nitrogens with zero attached hydrogens (tertiary/aromatic N) is 1. The molecule has 1 aromatic rings. The Balaban J connectivity index is 1.81. The van der Waals surface area contributed by atoms with Crippen molar-refractivity contribution in [3.8, 4) is 0 Å². The number of likely N-dealkylation sites (tertiary alicyclic amines) is 1. The van der Waals surface area contributed by atoms with Crippen molar-refractivity contribution >= 4 is 0 Å². The van der Waals surface area contributed by atoms with Gasteiger partial charge in [-0.25, -0.2) is 0 Å². The number of nitrogens with one attached hydrogen (secondary N) is 1. The lowest BCUT2D eigenvalue weighted by molar-refractivity contribution is 0.218. The minimum Gasteiger partial charge on any atom is -0.313 e. The largest absolute Gasteiger partial charge is 0.313 e. The summed E-state index contributed by atoms with van der Waals surface area (Å²) >= 11 is 0. The Hall–Kier alpha value is -0.860. The van der Waals surface area contributed by atoms with Crippen LogP contribution < -0.4 is 5.32 Å². The van der Waals surface area contributed by atoms with Crippen molar-refractivity contribution in [3.05, 3.63) is 35.4 Å². The van der Waals surface area contributed by atoms with E-state index in [-0.39, 0.29) is 0 Å². The second kappa shape index (κ2) is 5.64. The Bertz CT molecular complexity index is 427. The minimum atomic E-state index is 0.634. The van der Waals surface area contributed by atoms with Crippen LogP contribution in [0.3, 0.4) is 0 Å². The minimum absolute atomic E-state index is 0.634. The van der Waals surface area contributed by atoms with Crippen LogP contribution in [0.1, 0.15) is 43.9 Å². The molecule has 0 radical (unpaired) electrons. The highest BCUT2D eigenvalue weighted by Crippen LogP contribution is 2.35. The quantitative estimate of drug-likeness (QED) is 0.876. The summed E-state index contributed by atoms with van der Waals surface area (Å²) in [6.07, 6.45) is 2.63. The summed E-state index contributed by atoms with van der Waals surface area (Å²) in [6, 6.07) is 9.64. The molecule has 0 spiro atoms. The van der Waals surface area contributed by atoms with Gasteiger partial charge in [-0.2, -0.15) is 0 Å². The van der Waals surface area contributed by atoms with Crippen molar-refractivity contribution in [2.24, 2.45) is 11.8 Å². The molecule has 19 heavy (non-hydrogen) atoms. The van der Waals surface area contributed by atoms with Gasteiger partial charge in [0.2, 0.25) is 0 Å². The van der Waals surface area contributed by atoms with E-state index in [9.17, 15) is 0 Å². The van der Waals surface area contributed by atoms with Gasteiger partial charge in [0.15, 0.2) is 0 Å². The number of rotatable bonds is 2. The molecule has 2 unspecified atom stereocenters. The summed E-state index contributed by atoms with van der Waals surface area (Å²) in [5, 5.41) is 3.56. The number of hydrogen-bond acceptors (Lipinski definition) is 2. The zero-order chi connectivity index (χ0) is 13.2. The van der Waals surface area contributed by atoms with Gasteiger partial charge in [0.05, 0.1) is 0 Å². The van der Waals surface area contributed by atoms with E-state index in [4.69, 9.17) is 0 Å². The summed E-state index contributed by atoms with van der Waals surface area (Å²) < 4.78 is 0. The lowest BCUT2D eigenvalue weighted by atomic mass is 9.95. The number of fused-ring (bicyclic) bond motifs is 1. The van der Waals surface area contributed by atoms with E-state index in [0.29, 0.717) is 6.04 Å². The fourth-order valence-electron chi connectivity index (χ4n) is 3.66. The first-order valence-electron chi connectivity index (χ1n) is 7.78. The predicted molar refractivity (Wildman–Crippen MR) is 80.0 cm³/mol. The van der Waals surface area contributed by atoms with Crippen LogP contribution in [0.2, 0.25) is 0 Å². The first kappa shape index (κ1) is 13.1. The third kappa shape index (κ3) is 2.70. The van der Waals surface area contributed by atoms with Crippen LogP contribution in [-0.2, 0) is 6.54 Å². The third-order valence-corrected chi connectivity index (χ3v) is 4.96. The second-order valence-electron chi connectivity index (χ2n) is 6.47. The molecule has 2 heteroatoms. The van der Waals surface area contributed by atoms with Gasteiger partial charge in [-0.15, -0.1) is 0 Å². The molecule has 1 saturated heterocycles. The van der Waals surface area contributed by atoms with Crippen molar-refractivity contribution in [3.63, 3.8) is 0 Å². The Morgan fingerprint density at radius 3 is 2.84 bits per heavy atom. The van der Waals surface area contributed by atoms with Crippen LogP contribution in [0.25, 0.3) is 0 Å². The molecule has 0 bridgehead atoms. The van der Waals surface area contributed by atoms with E-state index < -0.39 is 0 Å². The van der Waals surface area contributed by atoms with Crippen LogP contribution in [0.4, 0.5) is 0 Å². The highest BCUT2D eigenvalue weighted by molar-refractivity contribution is 5.31. The van der Waals surface area contributed by atoms with E-state index in [0.717, 1.165) is 24.9 Å². The standard InChI is InChI=1S/C17H26N2/c1-13(2)15-8-10-19(12-15)17-7-9-18-11-14-5-3-4-6-16(14)17/h3-6,13,15,17-18H,7-12H2,1-2H3. The topological polar surface area (TPSA) is 15.3 Å². The van der Waals surface area contributed by atoms with Crippen molar-refractivity contribution < 1.29 is 0 Å². The lowest BCUT2D eigenvalue weighted by Gasteiger charge is -2.28. The maximum atomic E-state index is 3.56. The number of hydrogen-bond donors (Lipinski definition) is 1. The summed E-state index contributed by atoms with van der Waals surface area (Å²) in [6.45, 7) is 9.49. The molecule has 2 nitrogen and oxygen atoms in total. The highest BCUT2D eigenvalue weighted by Gasteiger charge is 2.31. The molecule has 2 aliphatic heterocycles. The van der Waals surface area contributed by atoms with Crippen molar-refractivity contribution in [2.75, 3.05) is 19.6 Å². The molecule has 1 fully saturated rings. The molecule has 0 aromatic heterocycles. The summed E-state index contributed by atoms with van der Waals surface area (Å²) in [5.41, 5.74) is 3.06. The van der Waals surface area contributed by atoms with Gasteiger partial charge in [0.25, 0.3) is 0 Å². The maximum absolute atomic E-state index is 3.56. The summed E-state index contributed by atoms with van der Waals surface area (Å²) in [5.74, 6) is 1.72. The maximum Gasteiger partial charge on any atom is 0.0363 e. The zero-order valence-electron chi connectivity index (χ0n) is 12.2. The van der Waals surface area contributed by atoms with Crippen LogP contribution in [0.15, 0.2) is 24.3 Å². The fraction of sp³-hybridized carbons (Fsp3) is 0.647. The normalized spacial score (nSPS) is 28.4. The van der Waals surface area contributed by atoms with Gasteiger partial charge in [0, 0.05) is 19.1 Å². The molecule has 2 heterocycles. The van der Waals surface area contributed by atoms with E-state index >= 15 is 0 Å². The average Bonchev–Trinajstić information content (AvgIpc) is 2.80. The molecular weight excluding hydrogens is 232 g/mol. The molecule has 0 amide bonds. The summed E-state index contributed by atoms with van der Waals surface area (Å²) in [4.78, 5) is 2.73. The predicted octanol–water partition coefficient (Wildman–Crippen LogP) is 3.20. The van der Waals surface area contributed by atoms with Gasteiger partial charge >= 0.3 is 0 Å². The van der Waals surface area contributed by atoms with Gasteiger partial charge in [-0.05, 0) is 48.9 Å². The summed E-state index contributed by atoms with van der Waals surface area (Å²) in [7, 11) is 0. The van der Waals surface area contributed by atoms with Crippen LogP contribution in [0.5, 0.6) is 0 Å². The molecule has 3 rings (SSSR count). The SMILES string of the molecule is CC(C)C1CCN(C2CCNCc3ccccc32)C1. The molecule has 0 aliphatic carbocycles. The third-order valence-electron chi connectivity index (χ3n) is 4.96. The van der Waals surface area contributed by atoms with Gasteiger partial charge in [0.1, 0.15) is 0 Å². The van der Waals surface area contributed by atoms with Crippen LogP contribution in [-0.4, -0.2) is 24.5 Å². The van der Waals surface area contributed by atoms with E-state index in [1.54, 1.807) is 5.56 Å². The zero-order valence-corrected chi connectivity index (χ0v) is 12.2. The van der Waals surface area contributed by atoms with E-state index in [2.05, 4.69) is 48.3 Å². The van der Waals surface area contributed by atoms with Gasteiger partial charge in [-0.3, -0.25) is 4.90 Å². The Labute approximate surface area is 117 Å².